The minimum atomic E-state index is -4.73. The van der Waals surface area contributed by atoms with Gasteiger partial charge in [-0.05, 0) is 36.8 Å². The first-order valence-electron chi connectivity index (χ1n) is 7.82. The third kappa shape index (κ3) is 5.85. The number of carbonyl (C=O) groups is 1. The number of rotatable bonds is 7. The monoisotopic (exact) mass is 401 g/mol. The molecule has 0 saturated carbocycles. The highest BCUT2D eigenvalue weighted by molar-refractivity contribution is 6.30. The van der Waals surface area contributed by atoms with Crippen molar-refractivity contribution in [1.82, 2.24) is 5.32 Å². The lowest BCUT2D eigenvalue weighted by Gasteiger charge is -2.14. The maximum atomic E-state index is 13.1. The molecule has 0 radical (unpaired) electrons. The molecule has 27 heavy (non-hydrogen) atoms. The van der Waals surface area contributed by atoms with E-state index in [4.69, 9.17) is 11.6 Å². The minimum Gasteiger partial charge on any atom is -0.384 e. The molecule has 0 heterocycles. The van der Waals surface area contributed by atoms with Crippen LogP contribution < -0.4 is 10.6 Å². The summed E-state index contributed by atoms with van der Waals surface area (Å²) in [5, 5.41) is 16.4. The van der Waals surface area contributed by atoms with E-state index in [1.165, 1.54) is 0 Å². The molecule has 2 aromatic carbocycles. The number of hydrogen-bond donors (Lipinski definition) is 2. The van der Waals surface area contributed by atoms with Crippen molar-refractivity contribution in [3.8, 4) is 0 Å². The highest BCUT2D eigenvalue weighted by atomic mass is 35.5. The molecule has 2 aromatic rings. The Kier molecular flexibility index (Phi) is 6.62. The SMILES string of the molecule is O=C(NCCCNc1ccc([N+](=O)[O-])cc1C(F)(F)F)c1ccc(Cl)cc1. The van der Waals surface area contributed by atoms with Crippen molar-refractivity contribution in [2.45, 2.75) is 12.6 Å². The molecule has 0 unspecified atom stereocenters. The Bertz CT molecular complexity index is 826. The number of amides is 1. The molecule has 144 valence electrons. The van der Waals surface area contributed by atoms with Crippen molar-refractivity contribution in [3.05, 3.63) is 68.7 Å². The fraction of sp³-hybridized carbons (Fsp3) is 0.235. The lowest BCUT2D eigenvalue weighted by Crippen LogP contribution is -2.26. The Morgan fingerprint density at radius 3 is 2.37 bits per heavy atom. The number of carbonyl (C=O) groups excluding carboxylic acids is 1. The highest BCUT2D eigenvalue weighted by Gasteiger charge is 2.35. The quantitative estimate of drug-likeness (QED) is 0.406. The molecule has 1 amide bonds. The van der Waals surface area contributed by atoms with Gasteiger partial charge in [0.15, 0.2) is 0 Å². The summed E-state index contributed by atoms with van der Waals surface area (Å²) >= 11 is 5.73. The largest absolute Gasteiger partial charge is 0.418 e. The number of alkyl halides is 3. The van der Waals surface area contributed by atoms with E-state index in [2.05, 4.69) is 10.6 Å². The van der Waals surface area contributed by atoms with Crippen LogP contribution in [0.3, 0.4) is 0 Å². The van der Waals surface area contributed by atoms with Crippen molar-refractivity contribution in [2.75, 3.05) is 18.4 Å². The number of nitrogens with one attached hydrogen (secondary N) is 2. The summed E-state index contributed by atoms with van der Waals surface area (Å²) in [6.45, 7) is 0.380. The number of anilines is 1. The third-order valence-electron chi connectivity index (χ3n) is 3.58. The smallest absolute Gasteiger partial charge is 0.384 e. The molecule has 0 aliphatic rings. The van der Waals surface area contributed by atoms with Crippen LogP contribution in [-0.2, 0) is 6.18 Å². The maximum absolute atomic E-state index is 13.1. The second-order valence-electron chi connectivity index (χ2n) is 5.53. The van der Waals surface area contributed by atoms with E-state index >= 15 is 0 Å². The summed E-state index contributed by atoms with van der Waals surface area (Å²) in [6.07, 6.45) is -4.37. The molecule has 2 rings (SSSR count). The Hall–Kier alpha value is -2.81. The standard InChI is InChI=1S/C17H15ClF3N3O3/c18-12-4-2-11(3-5-12)16(25)23-9-1-8-22-15-7-6-13(24(26)27)10-14(15)17(19,20)21/h2-7,10,22H,1,8-9H2,(H,23,25). The molecule has 0 fully saturated rings. The Morgan fingerprint density at radius 2 is 1.78 bits per heavy atom. The molecule has 0 atom stereocenters. The summed E-state index contributed by atoms with van der Waals surface area (Å²) in [5.74, 6) is -0.321. The zero-order valence-electron chi connectivity index (χ0n) is 13.8. The Morgan fingerprint density at radius 1 is 1.11 bits per heavy atom. The molecule has 2 N–H and O–H groups in total. The van der Waals surface area contributed by atoms with Gasteiger partial charge in [0.1, 0.15) is 0 Å². The van der Waals surface area contributed by atoms with Crippen molar-refractivity contribution in [2.24, 2.45) is 0 Å². The topological polar surface area (TPSA) is 84.3 Å². The molecule has 0 aliphatic heterocycles. The van der Waals surface area contributed by atoms with Gasteiger partial charge in [0, 0.05) is 41.5 Å². The van der Waals surface area contributed by atoms with Crippen LogP contribution in [0.4, 0.5) is 24.5 Å². The normalized spacial score (nSPS) is 11.1. The van der Waals surface area contributed by atoms with Gasteiger partial charge >= 0.3 is 6.18 Å². The molecule has 0 aromatic heterocycles. The number of nitrogens with zero attached hydrogens (tertiary/aromatic N) is 1. The molecule has 0 spiro atoms. The zero-order valence-corrected chi connectivity index (χ0v) is 14.6. The number of halogens is 4. The van der Waals surface area contributed by atoms with Gasteiger partial charge in [-0.25, -0.2) is 0 Å². The van der Waals surface area contributed by atoms with Gasteiger partial charge in [-0.3, -0.25) is 14.9 Å². The van der Waals surface area contributed by atoms with E-state index in [9.17, 15) is 28.1 Å². The summed E-state index contributed by atoms with van der Waals surface area (Å²) in [4.78, 5) is 21.7. The predicted octanol–water partition coefficient (Wildman–Crippen LogP) is 4.50. The summed E-state index contributed by atoms with van der Waals surface area (Å²) in [5.41, 5.74) is -1.58. The highest BCUT2D eigenvalue weighted by Crippen LogP contribution is 2.37. The number of nitro benzene ring substituents is 1. The third-order valence-corrected chi connectivity index (χ3v) is 3.83. The van der Waals surface area contributed by atoms with Crippen LogP contribution >= 0.6 is 11.6 Å². The van der Waals surface area contributed by atoms with Gasteiger partial charge in [0.2, 0.25) is 0 Å². The van der Waals surface area contributed by atoms with E-state index in [1.54, 1.807) is 24.3 Å². The molecule has 0 bridgehead atoms. The van der Waals surface area contributed by atoms with Crippen molar-refractivity contribution < 1.29 is 22.9 Å². The Labute approximate surface area is 157 Å². The average molecular weight is 402 g/mol. The minimum absolute atomic E-state index is 0.141. The number of hydrogen-bond acceptors (Lipinski definition) is 4. The van der Waals surface area contributed by atoms with Gasteiger partial charge in [-0.1, -0.05) is 11.6 Å². The first-order chi connectivity index (χ1) is 12.7. The van der Waals surface area contributed by atoms with E-state index in [0.29, 0.717) is 23.1 Å². The average Bonchev–Trinajstić information content (AvgIpc) is 2.61. The molecular weight excluding hydrogens is 387 g/mol. The van der Waals surface area contributed by atoms with Gasteiger partial charge in [-0.2, -0.15) is 13.2 Å². The van der Waals surface area contributed by atoms with Crippen LogP contribution in [-0.4, -0.2) is 23.9 Å². The van der Waals surface area contributed by atoms with Crippen LogP contribution in [0.25, 0.3) is 0 Å². The van der Waals surface area contributed by atoms with E-state index < -0.39 is 22.4 Å². The molecule has 10 heteroatoms. The van der Waals surface area contributed by atoms with Crippen molar-refractivity contribution in [1.29, 1.82) is 0 Å². The molecular formula is C17H15ClF3N3O3. The van der Waals surface area contributed by atoms with E-state index in [0.717, 1.165) is 12.1 Å². The fourth-order valence-corrected chi connectivity index (χ4v) is 2.38. The van der Waals surface area contributed by atoms with Crippen molar-refractivity contribution >= 4 is 28.9 Å². The number of benzene rings is 2. The van der Waals surface area contributed by atoms with Crippen molar-refractivity contribution in [3.63, 3.8) is 0 Å². The first kappa shape index (κ1) is 20.5. The summed E-state index contributed by atoms with van der Waals surface area (Å²) < 4.78 is 39.2. The molecule has 6 nitrogen and oxygen atoms in total. The van der Waals surface area contributed by atoms with Gasteiger partial charge < -0.3 is 10.6 Å². The Balaban J connectivity index is 1.88. The van der Waals surface area contributed by atoms with Crippen LogP contribution in [0.2, 0.25) is 5.02 Å². The maximum Gasteiger partial charge on any atom is 0.418 e. The van der Waals surface area contributed by atoms with Crippen LogP contribution in [0.15, 0.2) is 42.5 Å². The zero-order chi connectivity index (χ0) is 20.0. The van der Waals surface area contributed by atoms with Gasteiger partial charge in [0.05, 0.1) is 10.5 Å². The predicted molar refractivity (Wildman–Crippen MR) is 95.0 cm³/mol. The van der Waals surface area contributed by atoms with Gasteiger partial charge in [-0.15, -0.1) is 0 Å². The second kappa shape index (κ2) is 8.72. The fourth-order valence-electron chi connectivity index (χ4n) is 2.25. The second-order valence-corrected chi connectivity index (χ2v) is 5.96. The van der Waals surface area contributed by atoms with E-state index in [-0.39, 0.29) is 24.7 Å². The van der Waals surface area contributed by atoms with E-state index in [1.807, 2.05) is 0 Å². The lowest BCUT2D eigenvalue weighted by molar-refractivity contribution is -0.385. The number of nitro groups is 1. The van der Waals surface area contributed by atoms with Crippen LogP contribution in [0, 0.1) is 10.1 Å². The lowest BCUT2D eigenvalue weighted by atomic mass is 10.1. The van der Waals surface area contributed by atoms with Crippen LogP contribution in [0.1, 0.15) is 22.3 Å². The first-order valence-corrected chi connectivity index (χ1v) is 8.19. The molecule has 0 saturated heterocycles. The number of non-ortho nitro benzene ring substituents is 1. The molecule has 0 aliphatic carbocycles. The van der Waals surface area contributed by atoms with Gasteiger partial charge in [0.25, 0.3) is 11.6 Å². The summed E-state index contributed by atoms with van der Waals surface area (Å²) in [7, 11) is 0. The summed E-state index contributed by atoms with van der Waals surface area (Å²) in [6, 6.07) is 8.78. The van der Waals surface area contributed by atoms with Crippen LogP contribution in [0.5, 0.6) is 0 Å².